The number of hydrogen-bond acceptors (Lipinski definition) is 3. The van der Waals surface area contributed by atoms with Gasteiger partial charge in [0.1, 0.15) is 0 Å². The van der Waals surface area contributed by atoms with Gasteiger partial charge in [0.05, 0.1) is 4.34 Å². The van der Waals surface area contributed by atoms with E-state index in [4.69, 9.17) is 16.3 Å². The molecule has 1 heterocycles. The minimum absolute atomic E-state index is 0.492. The van der Waals surface area contributed by atoms with E-state index in [2.05, 4.69) is 25.2 Å². The predicted octanol–water partition coefficient (Wildman–Crippen LogP) is 3.74. The van der Waals surface area contributed by atoms with Gasteiger partial charge in [0.2, 0.25) is 0 Å². The highest BCUT2D eigenvalue weighted by atomic mass is 35.5. The van der Waals surface area contributed by atoms with E-state index in [1.54, 1.807) is 11.3 Å². The van der Waals surface area contributed by atoms with Crippen molar-refractivity contribution in [3.8, 4) is 0 Å². The molecule has 98 valence electrons. The summed E-state index contributed by atoms with van der Waals surface area (Å²) in [6.45, 7) is 6.97. The van der Waals surface area contributed by atoms with E-state index in [1.807, 2.05) is 6.07 Å². The fraction of sp³-hybridized carbons (Fsp3) is 0.692. The standard InChI is InChI=1S/C13H22ClNOS/c1-3-8-16-9-7-11(15-4-2)10-12-5-6-13(14)17-12/h5-6,11,15H,3-4,7-10H2,1-2H3. The van der Waals surface area contributed by atoms with Gasteiger partial charge in [-0.2, -0.15) is 0 Å². The molecule has 0 aliphatic heterocycles. The molecule has 0 bridgehead atoms. The molecule has 1 atom stereocenters. The molecule has 0 saturated heterocycles. The Morgan fingerprint density at radius 3 is 2.76 bits per heavy atom. The van der Waals surface area contributed by atoms with Gasteiger partial charge in [0, 0.05) is 24.1 Å². The van der Waals surface area contributed by atoms with Crippen LogP contribution in [0.25, 0.3) is 0 Å². The summed E-state index contributed by atoms with van der Waals surface area (Å²) >= 11 is 7.61. The van der Waals surface area contributed by atoms with Crippen LogP contribution in [0.1, 0.15) is 31.6 Å². The van der Waals surface area contributed by atoms with Gasteiger partial charge in [0.25, 0.3) is 0 Å². The van der Waals surface area contributed by atoms with Gasteiger partial charge in [-0.15, -0.1) is 11.3 Å². The number of thiophene rings is 1. The molecule has 17 heavy (non-hydrogen) atoms. The number of halogens is 1. The maximum atomic E-state index is 5.94. The Bertz CT molecular complexity index is 303. The van der Waals surface area contributed by atoms with Crippen LogP contribution in [-0.4, -0.2) is 25.8 Å². The predicted molar refractivity (Wildman–Crippen MR) is 76.2 cm³/mol. The maximum absolute atomic E-state index is 5.94. The topological polar surface area (TPSA) is 21.3 Å². The molecule has 0 spiro atoms. The lowest BCUT2D eigenvalue weighted by Gasteiger charge is -2.17. The molecule has 1 N–H and O–H groups in total. The van der Waals surface area contributed by atoms with Crippen molar-refractivity contribution in [3.05, 3.63) is 21.3 Å². The zero-order valence-corrected chi connectivity index (χ0v) is 12.2. The normalized spacial score (nSPS) is 12.9. The highest BCUT2D eigenvalue weighted by molar-refractivity contribution is 7.16. The first-order valence-corrected chi connectivity index (χ1v) is 7.51. The molecule has 4 heteroatoms. The van der Waals surface area contributed by atoms with E-state index in [0.717, 1.165) is 43.4 Å². The molecule has 1 aromatic rings. The van der Waals surface area contributed by atoms with Crippen LogP contribution >= 0.6 is 22.9 Å². The van der Waals surface area contributed by atoms with Crippen LogP contribution in [-0.2, 0) is 11.2 Å². The summed E-state index contributed by atoms with van der Waals surface area (Å²) < 4.78 is 6.41. The monoisotopic (exact) mass is 275 g/mol. The maximum Gasteiger partial charge on any atom is 0.0931 e. The second-order valence-corrected chi connectivity index (χ2v) is 5.87. The van der Waals surface area contributed by atoms with Crippen LogP contribution in [0.5, 0.6) is 0 Å². The Morgan fingerprint density at radius 2 is 2.18 bits per heavy atom. The fourth-order valence-electron chi connectivity index (χ4n) is 1.74. The largest absolute Gasteiger partial charge is 0.381 e. The Morgan fingerprint density at radius 1 is 1.35 bits per heavy atom. The molecule has 1 unspecified atom stereocenters. The van der Waals surface area contributed by atoms with E-state index in [-0.39, 0.29) is 0 Å². The Balaban J connectivity index is 2.32. The van der Waals surface area contributed by atoms with Crippen LogP contribution in [0.3, 0.4) is 0 Å². The van der Waals surface area contributed by atoms with Crippen LogP contribution in [0.15, 0.2) is 12.1 Å². The van der Waals surface area contributed by atoms with Gasteiger partial charge in [-0.1, -0.05) is 25.4 Å². The van der Waals surface area contributed by atoms with Crippen molar-refractivity contribution in [3.63, 3.8) is 0 Å². The van der Waals surface area contributed by atoms with Crippen molar-refractivity contribution in [2.75, 3.05) is 19.8 Å². The summed E-state index contributed by atoms with van der Waals surface area (Å²) in [5.74, 6) is 0. The first-order valence-electron chi connectivity index (χ1n) is 6.31. The lowest BCUT2D eigenvalue weighted by atomic mass is 10.1. The van der Waals surface area contributed by atoms with E-state index >= 15 is 0 Å². The first kappa shape index (κ1) is 15.0. The first-order chi connectivity index (χ1) is 8.26. The van der Waals surface area contributed by atoms with Gasteiger partial charge in [-0.25, -0.2) is 0 Å². The average Bonchev–Trinajstić information content (AvgIpc) is 2.70. The van der Waals surface area contributed by atoms with E-state index in [1.165, 1.54) is 4.88 Å². The highest BCUT2D eigenvalue weighted by Crippen LogP contribution is 2.23. The number of hydrogen-bond donors (Lipinski definition) is 1. The van der Waals surface area contributed by atoms with Crippen molar-refractivity contribution >= 4 is 22.9 Å². The average molecular weight is 276 g/mol. The second kappa shape index (κ2) is 8.92. The molecule has 0 saturated carbocycles. The molecule has 0 radical (unpaired) electrons. The van der Waals surface area contributed by atoms with Crippen LogP contribution in [0.2, 0.25) is 4.34 Å². The summed E-state index contributed by atoms with van der Waals surface area (Å²) in [6, 6.07) is 4.58. The van der Waals surface area contributed by atoms with Crippen molar-refractivity contribution in [2.24, 2.45) is 0 Å². The fourth-order valence-corrected chi connectivity index (χ4v) is 2.91. The lowest BCUT2D eigenvalue weighted by Crippen LogP contribution is -2.32. The summed E-state index contributed by atoms with van der Waals surface area (Å²) in [5.41, 5.74) is 0. The van der Waals surface area contributed by atoms with Gasteiger partial charge < -0.3 is 10.1 Å². The molecule has 0 aromatic carbocycles. The Kier molecular flexibility index (Phi) is 7.86. The third kappa shape index (κ3) is 6.41. The molecular weight excluding hydrogens is 254 g/mol. The van der Waals surface area contributed by atoms with Gasteiger partial charge in [-0.3, -0.25) is 0 Å². The van der Waals surface area contributed by atoms with E-state index < -0.39 is 0 Å². The zero-order valence-electron chi connectivity index (χ0n) is 10.7. The van der Waals surface area contributed by atoms with E-state index in [9.17, 15) is 0 Å². The van der Waals surface area contributed by atoms with Crippen LogP contribution in [0.4, 0.5) is 0 Å². The summed E-state index contributed by atoms with van der Waals surface area (Å²) in [4.78, 5) is 1.34. The minimum atomic E-state index is 0.492. The molecule has 0 amide bonds. The van der Waals surface area contributed by atoms with E-state index in [0.29, 0.717) is 6.04 Å². The molecule has 1 rings (SSSR count). The number of nitrogens with one attached hydrogen (secondary N) is 1. The SMILES string of the molecule is CCCOCCC(Cc1ccc(Cl)s1)NCC. The van der Waals surface area contributed by atoms with Gasteiger partial charge >= 0.3 is 0 Å². The highest BCUT2D eigenvalue weighted by Gasteiger charge is 2.09. The Hall–Kier alpha value is -0.0900. The summed E-state index contributed by atoms with van der Waals surface area (Å²) in [7, 11) is 0. The van der Waals surface area contributed by atoms with Crippen molar-refractivity contribution in [1.82, 2.24) is 5.32 Å². The smallest absolute Gasteiger partial charge is 0.0931 e. The molecular formula is C13H22ClNOS. The van der Waals surface area contributed by atoms with Crippen LogP contribution in [0, 0.1) is 0 Å². The lowest BCUT2D eigenvalue weighted by molar-refractivity contribution is 0.124. The van der Waals surface area contributed by atoms with Gasteiger partial charge in [0.15, 0.2) is 0 Å². The Labute approximate surface area is 113 Å². The minimum Gasteiger partial charge on any atom is -0.381 e. The third-order valence-corrected chi connectivity index (χ3v) is 3.78. The summed E-state index contributed by atoms with van der Waals surface area (Å²) in [5, 5.41) is 3.50. The number of likely N-dealkylation sites (N-methyl/N-ethyl adjacent to an activating group) is 1. The van der Waals surface area contributed by atoms with Gasteiger partial charge in [-0.05, 0) is 37.9 Å². The third-order valence-electron chi connectivity index (χ3n) is 2.53. The molecule has 2 nitrogen and oxygen atoms in total. The molecule has 1 aromatic heterocycles. The van der Waals surface area contributed by atoms with Crippen molar-refractivity contribution in [2.45, 2.75) is 39.2 Å². The number of rotatable bonds is 9. The number of ether oxygens (including phenoxy) is 1. The van der Waals surface area contributed by atoms with Crippen LogP contribution < -0.4 is 5.32 Å². The second-order valence-electron chi connectivity index (χ2n) is 4.07. The molecule has 0 aliphatic carbocycles. The summed E-state index contributed by atoms with van der Waals surface area (Å²) in [6.07, 6.45) is 3.19. The zero-order chi connectivity index (χ0) is 12.5. The molecule has 0 fully saturated rings. The quantitative estimate of drug-likeness (QED) is 0.693. The van der Waals surface area contributed by atoms with Crippen molar-refractivity contribution in [1.29, 1.82) is 0 Å². The molecule has 0 aliphatic rings. The van der Waals surface area contributed by atoms with Crippen molar-refractivity contribution < 1.29 is 4.74 Å².